The smallest absolute Gasteiger partial charge is 0.00750 e. The number of rotatable bonds is 4. The maximum Gasteiger partial charge on any atom is 0.00750 e. The van der Waals surface area contributed by atoms with Gasteiger partial charge in [0.15, 0.2) is 0 Å². The van der Waals surface area contributed by atoms with Crippen LogP contribution in [0.25, 0.3) is 0 Å². The molecule has 0 bridgehead atoms. The van der Waals surface area contributed by atoms with Crippen molar-refractivity contribution in [1.29, 1.82) is 0 Å². The fourth-order valence-corrected chi connectivity index (χ4v) is 0.329. The Kier molecular flexibility index (Phi) is 14.1. The first-order valence-corrected chi connectivity index (χ1v) is 2.52. The van der Waals surface area contributed by atoms with Crippen molar-refractivity contribution in [3.05, 3.63) is 0 Å². The van der Waals surface area contributed by atoms with Crippen molar-refractivity contribution >= 4 is 12.4 Å². The predicted octanol–water partition coefficient (Wildman–Crippen LogP) is -1.08. The van der Waals surface area contributed by atoms with Crippen LogP contribution >= 0.6 is 12.4 Å². The van der Waals surface area contributed by atoms with E-state index in [1.807, 2.05) is 0 Å². The van der Waals surface area contributed by atoms with E-state index in [1.54, 1.807) is 0 Å². The highest BCUT2D eigenvalue weighted by atomic mass is 35.5. The van der Waals surface area contributed by atoms with Crippen LogP contribution in [0, 0.1) is 0 Å². The SMILES string of the molecule is Cl.NCCNCCN. The van der Waals surface area contributed by atoms with Crippen LogP contribution in [0.2, 0.25) is 0 Å². The normalized spacial score (nSPS) is 8.25. The average Bonchev–Trinajstić information content (AvgIpc) is 1.69. The molecule has 4 heteroatoms. The predicted molar refractivity (Wildman–Crippen MR) is 38.2 cm³/mol. The highest BCUT2D eigenvalue weighted by Crippen LogP contribution is 1.49. The van der Waals surface area contributed by atoms with E-state index in [1.165, 1.54) is 0 Å². The Morgan fingerprint density at radius 3 is 1.62 bits per heavy atom. The molecule has 0 saturated heterocycles. The van der Waals surface area contributed by atoms with E-state index in [2.05, 4.69) is 5.32 Å². The number of halogens is 1. The lowest BCUT2D eigenvalue weighted by atomic mass is 10.6. The van der Waals surface area contributed by atoms with Gasteiger partial charge in [-0.25, -0.2) is 0 Å². The zero-order valence-electron chi connectivity index (χ0n) is 4.89. The molecule has 0 saturated carbocycles. The van der Waals surface area contributed by atoms with E-state index >= 15 is 0 Å². The molecule has 0 fully saturated rings. The van der Waals surface area contributed by atoms with Crippen molar-refractivity contribution in [3.63, 3.8) is 0 Å². The van der Waals surface area contributed by atoms with Crippen LogP contribution < -0.4 is 16.8 Å². The van der Waals surface area contributed by atoms with Gasteiger partial charge in [-0.05, 0) is 0 Å². The molecular weight excluding hydrogens is 126 g/mol. The molecule has 0 unspecified atom stereocenters. The van der Waals surface area contributed by atoms with Crippen LogP contribution in [0.3, 0.4) is 0 Å². The second-order valence-corrected chi connectivity index (χ2v) is 1.33. The first-order chi connectivity index (χ1) is 3.41. The van der Waals surface area contributed by atoms with Gasteiger partial charge < -0.3 is 16.8 Å². The van der Waals surface area contributed by atoms with Gasteiger partial charge in [-0.3, -0.25) is 0 Å². The van der Waals surface area contributed by atoms with Crippen LogP contribution in [0.1, 0.15) is 0 Å². The maximum atomic E-state index is 5.17. The fraction of sp³-hybridized carbons (Fsp3) is 1.00. The second-order valence-electron chi connectivity index (χ2n) is 1.33. The summed E-state index contributed by atoms with van der Waals surface area (Å²) in [5, 5.41) is 3.03. The lowest BCUT2D eigenvalue weighted by molar-refractivity contribution is 0.696. The zero-order chi connectivity index (χ0) is 5.54. The van der Waals surface area contributed by atoms with Crippen LogP contribution in [0.4, 0.5) is 0 Å². The summed E-state index contributed by atoms with van der Waals surface area (Å²) >= 11 is 0. The molecule has 0 aromatic carbocycles. The quantitative estimate of drug-likeness (QED) is 0.434. The van der Waals surface area contributed by atoms with Crippen molar-refractivity contribution in [2.24, 2.45) is 11.5 Å². The van der Waals surface area contributed by atoms with E-state index in [0.29, 0.717) is 13.1 Å². The summed E-state index contributed by atoms with van der Waals surface area (Å²) in [4.78, 5) is 0. The molecule has 0 aliphatic rings. The number of hydrogen-bond acceptors (Lipinski definition) is 3. The van der Waals surface area contributed by atoms with Gasteiger partial charge in [-0.2, -0.15) is 0 Å². The minimum Gasteiger partial charge on any atom is -0.329 e. The summed E-state index contributed by atoms with van der Waals surface area (Å²) in [5.74, 6) is 0. The topological polar surface area (TPSA) is 64.1 Å². The molecule has 0 aromatic heterocycles. The molecule has 52 valence electrons. The van der Waals surface area contributed by atoms with Gasteiger partial charge in [0.05, 0.1) is 0 Å². The molecule has 0 heterocycles. The third-order valence-electron chi connectivity index (χ3n) is 0.642. The maximum absolute atomic E-state index is 5.17. The monoisotopic (exact) mass is 139 g/mol. The Morgan fingerprint density at radius 2 is 1.38 bits per heavy atom. The minimum atomic E-state index is 0. The lowest BCUT2D eigenvalue weighted by Crippen LogP contribution is -2.27. The van der Waals surface area contributed by atoms with Crippen LogP contribution in [-0.4, -0.2) is 26.2 Å². The summed E-state index contributed by atoms with van der Waals surface area (Å²) in [6, 6.07) is 0. The zero-order valence-corrected chi connectivity index (χ0v) is 5.71. The van der Waals surface area contributed by atoms with Gasteiger partial charge in [0.25, 0.3) is 0 Å². The first kappa shape index (κ1) is 11.0. The summed E-state index contributed by atoms with van der Waals surface area (Å²) < 4.78 is 0. The average molecular weight is 140 g/mol. The molecular formula is C4H14ClN3. The largest absolute Gasteiger partial charge is 0.329 e. The molecule has 0 radical (unpaired) electrons. The highest BCUT2D eigenvalue weighted by molar-refractivity contribution is 5.85. The number of hydrogen-bond donors (Lipinski definition) is 3. The molecule has 0 aliphatic carbocycles. The summed E-state index contributed by atoms with van der Waals surface area (Å²) in [6.07, 6.45) is 0. The van der Waals surface area contributed by atoms with E-state index in [-0.39, 0.29) is 12.4 Å². The summed E-state index contributed by atoms with van der Waals surface area (Å²) in [7, 11) is 0. The van der Waals surface area contributed by atoms with E-state index in [9.17, 15) is 0 Å². The Balaban J connectivity index is 0. The van der Waals surface area contributed by atoms with Crippen LogP contribution in [-0.2, 0) is 0 Å². The molecule has 0 spiro atoms. The summed E-state index contributed by atoms with van der Waals surface area (Å²) in [5.41, 5.74) is 10.3. The van der Waals surface area contributed by atoms with Crippen molar-refractivity contribution in [1.82, 2.24) is 5.32 Å². The van der Waals surface area contributed by atoms with Crippen LogP contribution in [0.15, 0.2) is 0 Å². The third kappa shape index (κ3) is 9.48. The molecule has 0 atom stereocenters. The molecule has 0 rings (SSSR count). The third-order valence-corrected chi connectivity index (χ3v) is 0.642. The highest BCUT2D eigenvalue weighted by Gasteiger charge is 1.76. The van der Waals surface area contributed by atoms with Gasteiger partial charge in [0, 0.05) is 26.2 Å². The van der Waals surface area contributed by atoms with Gasteiger partial charge in [0.1, 0.15) is 0 Å². The van der Waals surface area contributed by atoms with E-state index in [4.69, 9.17) is 11.5 Å². The van der Waals surface area contributed by atoms with Crippen molar-refractivity contribution in [2.75, 3.05) is 26.2 Å². The Hall–Kier alpha value is 0.170. The van der Waals surface area contributed by atoms with E-state index in [0.717, 1.165) is 13.1 Å². The van der Waals surface area contributed by atoms with Gasteiger partial charge in [-0.1, -0.05) is 0 Å². The number of nitrogens with one attached hydrogen (secondary N) is 1. The summed E-state index contributed by atoms with van der Waals surface area (Å²) in [6.45, 7) is 3.13. The standard InChI is InChI=1S/C4H13N3.ClH/c5-1-3-7-4-2-6;/h7H,1-6H2;1H. The molecule has 3 nitrogen and oxygen atoms in total. The van der Waals surface area contributed by atoms with Gasteiger partial charge in [0.2, 0.25) is 0 Å². The Morgan fingerprint density at radius 1 is 1.00 bits per heavy atom. The second kappa shape index (κ2) is 10.2. The molecule has 5 N–H and O–H groups in total. The molecule has 8 heavy (non-hydrogen) atoms. The van der Waals surface area contributed by atoms with Crippen molar-refractivity contribution in [2.45, 2.75) is 0 Å². The first-order valence-electron chi connectivity index (χ1n) is 2.52. The minimum absolute atomic E-state index is 0. The number of nitrogens with two attached hydrogens (primary N) is 2. The van der Waals surface area contributed by atoms with Gasteiger partial charge >= 0.3 is 0 Å². The van der Waals surface area contributed by atoms with Crippen LogP contribution in [0.5, 0.6) is 0 Å². The van der Waals surface area contributed by atoms with Gasteiger partial charge in [-0.15, -0.1) is 12.4 Å². The molecule has 0 aliphatic heterocycles. The molecule has 0 aromatic rings. The van der Waals surface area contributed by atoms with E-state index < -0.39 is 0 Å². The fourth-order valence-electron chi connectivity index (χ4n) is 0.329. The Bertz CT molecular complexity index is 30.5. The van der Waals surface area contributed by atoms with Crippen molar-refractivity contribution < 1.29 is 0 Å². The lowest BCUT2D eigenvalue weighted by Gasteiger charge is -1.95. The molecule has 0 amide bonds. The Labute approximate surface area is 56.2 Å². The van der Waals surface area contributed by atoms with Crippen molar-refractivity contribution in [3.8, 4) is 0 Å².